The standard InChI is InChI=1S/C30H41Cl2F2N3O3/c1-6-28(2,3)17-23-30(35,20-13-12-18(31)16-22(20)33)24(19-10-9-11-21(32)25(19)34)26(37-23)27(38)36-14-7-8-15-40-29(4,5)39/h9-13,16,23-24,26,37,39H,6-8,14-15,17,35H2,1-5H3,(H,36,38)/t23-,24-,26+,30+/m0/s1. The first-order chi connectivity index (χ1) is 18.6. The van der Waals surface area contributed by atoms with Crippen molar-refractivity contribution in [3.63, 3.8) is 0 Å². The summed E-state index contributed by atoms with van der Waals surface area (Å²) < 4.78 is 36.5. The summed E-state index contributed by atoms with van der Waals surface area (Å²) in [7, 11) is 0. The van der Waals surface area contributed by atoms with Crippen LogP contribution in [0.2, 0.25) is 10.0 Å². The van der Waals surface area contributed by atoms with Crippen molar-refractivity contribution in [2.75, 3.05) is 13.2 Å². The average Bonchev–Trinajstić information content (AvgIpc) is 3.14. The Morgan fingerprint density at radius 3 is 2.50 bits per heavy atom. The van der Waals surface area contributed by atoms with Crippen LogP contribution in [0.15, 0.2) is 36.4 Å². The van der Waals surface area contributed by atoms with Crippen LogP contribution in [0.3, 0.4) is 0 Å². The predicted molar refractivity (Wildman–Crippen MR) is 155 cm³/mol. The molecule has 3 rings (SSSR count). The number of hydrogen-bond acceptors (Lipinski definition) is 5. The van der Waals surface area contributed by atoms with E-state index in [0.717, 1.165) is 6.42 Å². The van der Waals surface area contributed by atoms with Gasteiger partial charge >= 0.3 is 0 Å². The zero-order valence-electron chi connectivity index (χ0n) is 23.8. The zero-order valence-corrected chi connectivity index (χ0v) is 25.3. The number of hydrogen-bond donors (Lipinski definition) is 4. The smallest absolute Gasteiger partial charge is 0.237 e. The normalized spacial score (nSPS) is 23.4. The van der Waals surface area contributed by atoms with E-state index in [-0.39, 0.29) is 32.5 Å². The van der Waals surface area contributed by atoms with E-state index < -0.39 is 41.0 Å². The van der Waals surface area contributed by atoms with Gasteiger partial charge in [0.05, 0.1) is 23.2 Å². The van der Waals surface area contributed by atoms with E-state index in [1.807, 2.05) is 0 Å². The molecule has 1 fully saturated rings. The summed E-state index contributed by atoms with van der Waals surface area (Å²) in [5.74, 6) is -3.92. The first kappa shape index (κ1) is 32.7. The van der Waals surface area contributed by atoms with Crippen molar-refractivity contribution in [1.29, 1.82) is 0 Å². The Morgan fingerprint density at radius 2 is 1.88 bits per heavy atom. The highest BCUT2D eigenvalue weighted by Gasteiger charge is 2.58. The van der Waals surface area contributed by atoms with Gasteiger partial charge in [-0.2, -0.15) is 0 Å². The van der Waals surface area contributed by atoms with Crippen molar-refractivity contribution in [1.82, 2.24) is 10.6 Å². The molecule has 1 aliphatic heterocycles. The molecule has 0 spiro atoms. The maximum Gasteiger partial charge on any atom is 0.237 e. The number of unbranched alkanes of at least 4 members (excludes halogenated alkanes) is 1. The summed E-state index contributed by atoms with van der Waals surface area (Å²) in [6.45, 7) is 9.96. The van der Waals surface area contributed by atoms with Gasteiger partial charge < -0.3 is 26.2 Å². The van der Waals surface area contributed by atoms with Gasteiger partial charge in [-0.3, -0.25) is 4.79 Å². The highest BCUT2D eigenvalue weighted by molar-refractivity contribution is 6.31. The molecule has 2 aromatic rings. The maximum atomic E-state index is 15.6. The third kappa shape index (κ3) is 7.52. The molecule has 1 amide bonds. The van der Waals surface area contributed by atoms with Gasteiger partial charge in [-0.05, 0) is 62.3 Å². The lowest BCUT2D eigenvalue weighted by molar-refractivity contribution is -0.176. The second-order valence-electron chi connectivity index (χ2n) is 11.9. The molecule has 0 radical (unpaired) electrons. The fraction of sp³-hybridized carbons (Fsp3) is 0.567. The van der Waals surface area contributed by atoms with Crippen molar-refractivity contribution < 1.29 is 23.4 Å². The third-order valence-corrected chi connectivity index (χ3v) is 8.37. The lowest BCUT2D eigenvalue weighted by Gasteiger charge is -2.40. The molecule has 0 saturated carbocycles. The molecule has 6 nitrogen and oxygen atoms in total. The van der Waals surface area contributed by atoms with Gasteiger partial charge in [0.25, 0.3) is 0 Å². The average molecular weight is 601 g/mol. The lowest BCUT2D eigenvalue weighted by Crippen LogP contribution is -2.52. The lowest BCUT2D eigenvalue weighted by atomic mass is 9.67. The minimum Gasteiger partial charge on any atom is -0.366 e. The van der Waals surface area contributed by atoms with Crippen molar-refractivity contribution >= 4 is 29.1 Å². The number of ether oxygens (including phenoxy) is 1. The summed E-state index contributed by atoms with van der Waals surface area (Å²) in [5.41, 5.74) is 5.76. The maximum absolute atomic E-state index is 15.6. The van der Waals surface area contributed by atoms with Crippen LogP contribution >= 0.6 is 23.2 Å². The van der Waals surface area contributed by atoms with E-state index in [2.05, 4.69) is 31.4 Å². The van der Waals surface area contributed by atoms with Gasteiger partial charge in [0.2, 0.25) is 5.91 Å². The summed E-state index contributed by atoms with van der Waals surface area (Å²) in [6.07, 6.45) is 2.51. The van der Waals surface area contributed by atoms with Crippen LogP contribution in [0, 0.1) is 17.0 Å². The van der Waals surface area contributed by atoms with Gasteiger partial charge in [-0.1, -0.05) is 68.6 Å². The summed E-state index contributed by atoms with van der Waals surface area (Å²) in [5, 5.41) is 16.1. The zero-order chi connectivity index (χ0) is 29.9. The van der Waals surface area contributed by atoms with Crippen LogP contribution in [-0.2, 0) is 15.1 Å². The fourth-order valence-corrected chi connectivity index (χ4v) is 5.70. The molecule has 1 aliphatic rings. The first-order valence-electron chi connectivity index (χ1n) is 13.7. The highest BCUT2D eigenvalue weighted by atomic mass is 35.5. The van der Waals surface area contributed by atoms with Crippen LogP contribution in [-0.4, -0.2) is 42.0 Å². The minimum atomic E-state index is -1.52. The van der Waals surface area contributed by atoms with Gasteiger partial charge in [0.15, 0.2) is 5.79 Å². The summed E-state index contributed by atoms with van der Waals surface area (Å²) in [6, 6.07) is 7.25. The number of rotatable bonds is 12. The van der Waals surface area contributed by atoms with Crippen molar-refractivity contribution in [2.24, 2.45) is 11.1 Å². The Hall–Kier alpha value is -1.81. The van der Waals surface area contributed by atoms with Gasteiger partial charge in [-0.15, -0.1) is 0 Å². The molecule has 5 N–H and O–H groups in total. The molecule has 0 aromatic heterocycles. The molecular formula is C30H41Cl2F2N3O3. The van der Waals surface area contributed by atoms with Crippen LogP contribution < -0.4 is 16.4 Å². The molecular weight excluding hydrogens is 559 g/mol. The first-order valence-corrected chi connectivity index (χ1v) is 14.4. The highest BCUT2D eigenvalue weighted by Crippen LogP contribution is 2.50. The topological polar surface area (TPSA) is 96.6 Å². The monoisotopic (exact) mass is 599 g/mol. The number of aliphatic hydroxyl groups is 1. The van der Waals surface area contributed by atoms with E-state index >= 15 is 8.78 Å². The van der Waals surface area contributed by atoms with E-state index in [4.69, 9.17) is 33.7 Å². The van der Waals surface area contributed by atoms with Gasteiger partial charge in [0, 0.05) is 29.1 Å². The Balaban J connectivity index is 2.03. The number of amides is 1. The number of nitrogens with two attached hydrogens (primary N) is 1. The molecule has 1 saturated heterocycles. The fourth-order valence-electron chi connectivity index (χ4n) is 5.36. The molecule has 222 valence electrons. The Kier molecular flexibility index (Phi) is 10.6. The molecule has 1 heterocycles. The molecule has 40 heavy (non-hydrogen) atoms. The second-order valence-corrected chi connectivity index (χ2v) is 12.7. The van der Waals surface area contributed by atoms with Crippen molar-refractivity contribution in [2.45, 2.75) is 89.6 Å². The van der Waals surface area contributed by atoms with Gasteiger partial charge in [0.1, 0.15) is 11.6 Å². The quantitative estimate of drug-likeness (QED) is 0.177. The Bertz CT molecular complexity index is 1190. The second kappa shape index (κ2) is 13.0. The number of benzene rings is 2. The van der Waals surface area contributed by atoms with Crippen LogP contribution in [0.25, 0.3) is 0 Å². The van der Waals surface area contributed by atoms with Crippen LogP contribution in [0.1, 0.15) is 77.3 Å². The summed E-state index contributed by atoms with van der Waals surface area (Å²) in [4.78, 5) is 13.7. The van der Waals surface area contributed by atoms with Crippen molar-refractivity contribution in [3.05, 3.63) is 69.2 Å². The largest absolute Gasteiger partial charge is 0.366 e. The number of carbonyl (C=O) groups is 1. The number of halogens is 4. The SMILES string of the molecule is CCC(C)(C)C[C@@H]1N[C@@H](C(=O)NCCCCOC(C)(C)O)[C@H](c2cccc(Cl)c2F)[C@@]1(N)c1ccc(Cl)cc1F. The summed E-state index contributed by atoms with van der Waals surface area (Å²) >= 11 is 12.3. The van der Waals surface area contributed by atoms with E-state index in [1.165, 1.54) is 18.2 Å². The minimum absolute atomic E-state index is 0.111. The van der Waals surface area contributed by atoms with Crippen LogP contribution in [0.4, 0.5) is 8.78 Å². The van der Waals surface area contributed by atoms with E-state index in [0.29, 0.717) is 32.4 Å². The Labute approximate surface area is 245 Å². The van der Waals surface area contributed by atoms with Gasteiger partial charge in [-0.25, -0.2) is 8.78 Å². The predicted octanol–water partition coefficient (Wildman–Crippen LogP) is 6.02. The molecule has 4 atom stereocenters. The van der Waals surface area contributed by atoms with Crippen molar-refractivity contribution in [3.8, 4) is 0 Å². The Morgan fingerprint density at radius 1 is 1.18 bits per heavy atom. The number of carbonyl (C=O) groups excluding carboxylic acids is 1. The molecule has 10 heteroatoms. The van der Waals surface area contributed by atoms with Crippen LogP contribution in [0.5, 0.6) is 0 Å². The third-order valence-electron chi connectivity index (χ3n) is 7.84. The molecule has 0 unspecified atom stereocenters. The molecule has 2 aromatic carbocycles. The van der Waals surface area contributed by atoms with E-state index in [9.17, 15) is 9.90 Å². The molecule has 0 aliphatic carbocycles. The van der Waals surface area contributed by atoms with E-state index in [1.54, 1.807) is 32.0 Å². The molecule has 0 bridgehead atoms. The number of nitrogens with one attached hydrogen (secondary N) is 2.